The lowest BCUT2D eigenvalue weighted by Gasteiger charge is -1.98. The molecule has 0 saturated heterocycles. The molecular formula is C20H17N3O2S2. The number of anilines is 1. The van der Waals surface area contributed by atoms with Crippen LogP contribution < -0.4 is 5.32 Å². The molecule has 2 aromatic heterocycles. The van der Waals surface area contributed by atoms with Gasteiger partial charge in [0.2, 0.25) is 5.13 Å². The maximum atomic E-state index is 12.6. The van der Waals surface area contributed by atoms with Crippen LogP contribution in [0.4, 0.5) is 5.13 Å². The van der Waals surface area contributed by atoms with E-state index in [4.69, 9.17) is 4.42 Å². The van der Waals surface area contributed by atoms with Crippen LogP contribution in [0.15, 0.2) is 57.3 Å². The Bertz CT molecular complexity index is 1100. The number of benzene rings is 2. The zero-order valence-electron chi connectivity index (χ0n) is 14.9. The quantitative estimate of drug-likeness (QED) is 0.360. The first-order valence-corrected chi connectivity index (χ1v) is 10.2. The molecule has 0 saturated carbocycles. The zero-order chi connectivity index (χ0) is 18.8. The number of carbonyl (C=O) groups excluding carboxylic acids is 1. The molecule has 27 heavy (non-hydrogen) atoms. The van der Waals surface area contributed by atoms with Crippen molar-refractivity contribution < 1.29 is 9.21 Å². The van der Waals surface area contributed by atoms with E-state index in [1.165, 1.54) is 16.9 Å². The fourth-order valence-corrected chi connectivity index (χ4v) is 4.45. The first kappa shape index (κ1) is 17.8. The van der Waals surface area contributed by atoms with Crippen LogP contribution in [0, 0.1) is 13.8 Å². The smallest absolute Gasteiger partial charge is 0.293 e. The third-order valence-corrected chi connectivity index (χ3v) is 6.17. The number of carbonyl (C=O) groups is 1. The van der Waals surface area contributed by atoms with Crippen molar-refractivity contribution in [2.75, 3.05) is 5.32 Å². The second-order valence-electron chi connectivity index (χ2n) is 6.16. The Morgan fingerprint density at radius 3 is 2.78 bits per heavy atom. The van der Waals surface area contributed by atoms with Gasteiger partial charge in [0.25, 0.3) is 5.91 Å². The minimum absolute atomic E-state index is 0.308. The van der Waals surface area contributed by atoms with E-state index in [2.05, 4.69) is 27.6 Å². The van der Waals surface area contributed by atoms with Gasteiger partial charge in [-0.1, -0.05) is 65.1 Å². The van der Waals surface area contributed by atoms with Gasteiger partial charge in [0.05, 0.1) is 0 Å². The molecule has 4 aromatic rings. The van der Waals surface area contributed by atoms with Gasteiger partial charge < -0.3 is 4.42 Å². The summed E-state index contributed by atoms with van der Waals surface area (Å²) in [4.78, 5) is 12.6. The average Bonchev–Trinajstić information content (AvgIpc) is 3.25. The van der Waals surface area contributed by atoms with Gasteiger partial charge in [-0.15, -0.1) is 10.2 Å². The number of rotatable bonds is 5. The van der Waals surface area contributed by atoms with E-state index in [9.17, 15) is 4.79 Å². The van der Waals surface area contributed by atoms with Crippen LogP contribution >= 0.6 is 23.1 Å². The van der Waals surface area contributed by atoms with E-state index in [1.807, 2.05) is 50.2 Å². The predicted octanol–water partition coefficient (Wildman–Crippen LogP) is 5.45. The highest BCUT2D eigenvalue weighted by Gasteiger charge is 2.19. The fraction of sp³-hybridized carbons (Fsp3) is 0.150. The molecule has 0 aliphatic carbocycles. The maximum Gasteiger partial charge on any atom is 0.293 e. The van der Waals surface area contributed by atoms with E-state index >= 15 is 0 Å². The number of thioether (sulfide) groups is 1. The molecule has 0 atom stereocenters. The van der Waals surface area contributed by atoms with Crippen LogP contribution in [0.25, 0.3) is 11.0 Å². The highest BCUT2D eigenvalue weighted by molar-refractivity contribution is 8.00. The molecule has 0 unspecified atom stereocenters. The number of aryl methyl sites for hydroxylation is 2. The van der Waals surface area contributed by atoms with Crippen LogP contribution in [0.2, 0.25) is 0 Å². The summed E-state index contributed by atoms with van der Waals surface area (Å²) in [5, 5.41) is 12.4. The highest BCUT2D eigenvalue weighted by Crippen LogP contribution is 2.30. The molecule has 7 heteroatoms. The first-order valence-electron chi connectivity index (χ1n) is 8.41. The second-order valence-corrected chi connectivity index (χ2v) is 8.36. The Hall–Kier alpha value is -2.64. The van der Waals surface area contributed by atoms with E-state index in [0.29, 0.717) is 16.5 Å². The normalized spacial score (nSPS) is 11.0. The van der Waals surface area contributed by atoms with Crippen molar-refractivity contribution in [1.29, 1.82) is 0 Å². The molecule has 1 N–H and O–H groups in total. The lowest BCUT2D eigenvalue weighted by Crippen LogP contribution is -2.11. The van der Waals surface area contributed by atoms with Gasteiger partial charge >= 0.3 is 0 Å². The summed E-state index contributed by atoms with van der Waals surface area (Å²) >= 11 is 2.95. The van der Waals surface area contributed by atoms with Crippen molar-refractivity contribution in [3.8, 4) is 0 Å². The average molecular weight is 396 g/mol. The maximum absolute atomic E-state index is 12.6. The largest absolute Gasteiger partial charge is 0.451 e. The lowest BCUT2D eigenvalue weighted by molar-refractivity contribution is 0.0998. The van der Waals surface area contributed by atoms with Crippen molar-refractivity contribution in [2.24, 2.45) is 0 Å². The number of aromatic nitrogens is 2. The number of fused-ring (bicyclic) bond motifs is 1. The Morgan fingerprint density at radius 2 is 1.96 bits per heavy atom. The Morgan fingerprint density at radius 1 is 1.15 bits per heavy atom. The number of nitrogens with zero attached hydrogens (tertiary/aromatic N) is 2. The summed E-state index contributed by atoms with van der Waals surface area (Å²) in [6.45, 7) is 3.91. The summed E-state index contributed by atoms with van der Waals surface area (Å²) in [5.41, 5.74) is 3.88. The van der Waals surface area contributed by atoms with Gasteiger partial charge in [0.1, 0.15) is 5.58 Å². The molecule has 2 heterocycles. The molecule has 4 rings (SSSR count). The van der Waals surface area contributed by atoms with E-state index < -0.39 is 0 Å². The fourth-order valence-electron chi connectivity index (χ4n) is 2.74. The molecule has 136 valence electrons. The van der Waals surface area contributed by atoms with Crippen molar-refractivity contribution in [3.05, 3.63) is 71.0 Å². The monoisotopic (exact) mass is 395 g/mol. The second kappa shape index (κ2) is 7.54. The van der Waals surface area contributed by atoms with Crippen molar-refractivity contribution in [1.82, 2.24) is 10.2 Å². The summed E-state index contributed by atoms with van der Waals surface area (Å²) < 4.78 is 6.55. The van der Waals surface area contributed by atoms with Gasteiger partial charge in [-0.25, -0.2) is 0 Å². The third kappa shape index (κ3) is 3.89. The minimum Gasteiger partial charge on any atom is -0.451 e. The number of furan rings is 1. The Labute approximate surface area is 164 Å². The molecule has 0 spiro atoms. The standard InChI is InChI=1S/C20H17N3O2S2/c1-12-8-9-16-15(10-12)13(2)17(25-16)18(24)21-19-22-23-20(27-19)26-11-14-6-4-3-5-7-14/h3-10H,11H2,1-2H3,(H,21,22,24). The molecule has 0 radical (unpaired) electrons. The number of hydrogen-bond donors (Lipinski definition) is 1. The number of nitrogens with one attached hydrogen (secondary N) is 1. The summed E-state index contributed by atoms with van der Waals surface area (Å²) in [7, 11) is 0. The summed E-state index contributed by atoms with van der Waals surface area (Å²) in [6, 6.07) is 16.0. The van der Waals surface area contributed by atoms with Crippen molar-refractivity contribution >= 4 is 45.1 Å². The summed E-state index contributed by atoms with van der Waals surface area (Å²) in [6.07, 6.45) is 0. The topological polar surface area (TPSA) is 68.0 Å². The van der Waals surface area contributed by atoms with Gasteiger partial charge in [0, 0.05) is 16.7 Å². The molecule has 1 amide bonds. The molecular weight excluding hydrogens is 378 g/mol. The third-order valence-electron chi connectivity index (χ3n) is 4.13. The number of amides is 1. The molecule has 5 nitrogen and oxygen atoms in total. The van der Waals surface area contributed by atoms with E-state index in [-0.39, 0.29) is 5.91 Å². The summed E-state index contributed by atoms with van der Waals surface area (Å²) in [5.74, 6) is 0.812. The van der Waals surface area contributed by atoms with Crippen LogP contribution in [0.3, 0.4) is 0 Å². The first-order chi connectivity index (χ1) is 13.1. The van der Waals surface area contributed by atoms with E-state index in [0.717, 1.165) is 26.6 Å². The van der Waals surface area contributed by atoms with E-state index in [1.54, 1.807) is 11.8 Å². The Kier molecular flexibility index (Phi) is 4.96. The number of hydrogen-bond acceptors (Lipinski definition) is 6. The Balaban J connectivity index is 1.46. The van der Waals surface area contributed by atoms with Crippen molar-refractivity contribution in [3.63, 3.8) is 0 Å². The van der Waals surface area contributed by atoms with Gasteiger partial charge in [-0.05, 0) is 31.5 Å². The van der Waals surface area contributed by atoms with Crippen LogP contribution in [0.1, 0.15) is 27.2 Å². The molecule has 0 fully saturated rings. The van der Waals surface area contributed by atoms with Crippen molar-refractivity contribution in [2.45, 2.75) is 23.9 Å². The zero-order valence-corrected chi connectivity index (χ0v) is 16.5. The lowest BCUT2D eigenvalue weighted by atomic mass is 10.1. The van der Waals surface area contributed by atoms with Crippen LogP contribution in [-0.2, 0) is 5.75 Å². The molecule has 0 aliphatic heterocycles. The van der Waals surface area contributed by atoms with Crippen LogP contribution in [0.5, 0.6) is 0 Å². The van der Waals surface area contributed by atoms with Gasteiger partial charge in [-0.2, -0.15) is 0 Å². The van der Waals surface area contributed by atoms with Gasteiger partial charge in [0.15, 0.2) is 10.1 Å². The minimum atomic E-state index is -0.308. The predicted molar refractivity (Wildman–Crippen MR) is 110 cm³/mol. The SMILES string of the molecule is Cc1ccc2oc(C(=O)Nc3nnc(SCc4ccccc4)s3)c(C)c2c1. The molecule has 0 aliphatic rings. The van der Waals surface area contributed by atoms with Crippen LogP contribution in [-0.4, -0.2) is 16.1 Å². The highest BCUT2D eigenvalue weighted by atomic mass is 32.2. The molecule has 2 aromatic carbocycles. The molecule has 0 bridgehead atoms. The van der Waals surface area contributed by atoms with Gasteiger partial charge in [-0.3, -0.25) is 10.1 Å².